The van der Waals surface area contributed by atoms with Gasteiger partial charge < -0.3 is 14.2 Å². The maximum absolute atomic E-state index is 6.28. The third-order valence-corrected chi connectivity index (χ3v) is 5.93. The first-order chi connectivity index (χ1) is 14.0. The van der Waals surface area contributed by atoms with Crippen LogP contribution in [-0.4, -0.2) is 53.4 Å². The number of ether oxygens (including phenoxy) is 1. The van der Waals surface area contributed by atoms with Gasteiger partial charge in [-0.05, 0) is 45.0 Å². The molecule has 1 saturated heterocycles. The van der Waals surface area contributed by atoms with Gasteiger partial charge in [0, 0.05) is 36.7 Å². The molecule has 0 aliphatic carbocycles. The van der Waals surface area contributed by atoms with E-state index in [0.29, 0.717) is 17.7 Å². The molecular formula is C21H26ClN5O2. The zero-order valence-corrected chi connectivity index (χ0v) is 17.8. The van der Waals surface area contributed by atoms with Gasteiger partial charge in [0.15, 0.2) is 0 Å². The van der Waals surface area contributed by atoms with Gasteiger partial charge in [0.1, 0.15) is 23.6 Å². The Kier molecular flexibility index (Phi) is 5.99. The van der Waals surface area contributed by atoms with Crippen LogP contribution in [0, 0.1) is 0 Å². The van der Waals surface area contributed by atoms with E-state index in [2.05, 4.69) is 21.9 Å². The lowest BCUT2D eigenvalue weighted by Gasteiger charge is -2.33. The summed E-state index contributed by atoms with van der Waals surface area (Å²) < 4.78 is 10.5. The van der Waals surface area contributed by atoms with Crippen LogP contribution >= 0.6 is 11.6 Å². The quantitative estimate of drug-likeness (QED) is 0.600. The molecule has 0 spiro atoms. The van der Waals surface area contributed by atoms with Crippen molar-refractivity contribution in [1.29, 1.82) is 0 Å². The Morgan fingerprint density at radius 2 is 2.07 bits per heavy atom. The van der Waals surface area contributed by atoms with Crippen molar-refractivity contribution in [2.45, 2.75) is 38.5 Å². The highest BCUT2D eigenvalue weighted by atomic mass is 35.5. The van der Waals surface area contributed by atoms with Crippen LogP contribution in [0.2, 0.25) is 5.02 Å². The third kappa shape index (κ3) is 4.37. The Bertz CT molecular complexity index is 957. The normalized spacial score (nSPS) is 16.7. The van der Waals surface area contributed by atoms with Crippen molar-refractivity contribution >= 4 is 28.3 Å². The molecule has 4 rings (SSSR count). The van der Waals surface area contributed by atoms with Crippen LogP contribution in [0.1, 0.15) is 37.3 Å². The number of rotatable bonds is 6. The van der Waals surface area contributed by atoms with Crippen LogP contribution in [0.5, 0.6) is 0 Å². The number of nitrogens with zero attached hydrogens (tertiary/aromatic N) is 5. The second-order valence-corrected chi connectivity index (χ2v) is 8.00. The van der Waals surface area contributed by atoms with Crippen molar-refractivity contribution in [1.82, 2.24) is 20.0 Å². The minimum absolute atomic E-state index is 0.0964. The minimum atomic E-state index is 0.0964. The fraction of sp³-hybridized carbons (Fsp3) is 0.476. The van der Waals surface area contributed by atoms with Gasteiger partial charge in [0.2, 0.25) is 0 Å². The first-order valence-electron chi connectivity index (χ1n) is 9.89. The average Bonchev–Trinajstić information content (AvgIpc) is 3.28. The molecule has 0 saturated carbocycles. The zero-order chi connectivity index (χ0) is 20.4. The summed E-state index contributed by atoms with van der Waals surface area (Å²) in [5, 5.41) is 5.74. The van der Waals surface area contributed by atoms with E-state index in [4.69, 9.17) is 30.8 Å². The largest absolute Gasteiger partial charge is 0.381 e. The fourth-order valence-corrected chi connectivity index (χ4v) is 3.94. The van der Waals surface area contributed by atoms with Gasteiger partial charge in [-0.3, -0.25) is 4.90 Å². The molecule has 8 heteroatoms. The number of methoxy groups -OCH3 is 1. The number of hydrogen-bond donors (Lipinski definition) is 0. The maximum atomic E-state index is 6.28. The average molecular weight is 416 g/mol. The molecule has 3 aromatic rings. The summed E-state index contributed by atoms with van der Waals surface area (Å²) in [6, 6.07) is 7.79. The third-order valence-electron chi connectivity index (χ3n) is 5.70. The molecule has 29 heavy (non-hydrogen) atoms. The Morgan fingerprint density at radius 1 is 1.28 bits per heavy atom. The van der Waals surface area contributed by atoms with Gasteiger partial charge in [-0.1, -0.05) is 16.8 Å². The van der Waals surface area contributed by atoms with Crippen LogP contribution in [0.3, 0.4) is 0 Å². The van der Waals surface area contributed by atoms with Gasteiger partial charge in [-0.2, -0.15) is 0 Å². The van der Waals surface area contributed by atoms with E-state index >= 15 is 0 Å². The second-order valence-electron chi connectivity index (χ2n) is 7.56. The van der Waals surface area contributed by atoms with Crippen molar-refractivity contribution in [2.75, 3.05) is 32.1 Å². The Balaban J connectivity index is 1.64. The second kappa shape index (κ2) is 8.65. The van der Waals surface area contributed by atoms with E-state index in [1.54, 1.807) is 13.4 Å². The molecule has 1 aromatic carbocycles. The highest BCUT2D eigenvalue weighted by molar-refractivity contribution is 6.31. The molecule has 1 fully saturated rings. The van der Waals surface area contributed by atoms with Crippen LogP contribution in [0.25, 0.3) is 10.9 Å². The van der Waals surface area contributed by atoms with E-state index in [1.807, 2.05) is 31.3 Å². The molecule has 0 amide bonds. The summed E-state index contributed by atoms with van der Waals surface area (Å²) in [6.07, 6.45) is 3.89. The lowest BCUT2D eigenvalue weighted by atomic mass is 10.1. The number of hydrogen-bond acceptors (Lipinski definition) is 7. The molecule has 0 bridgehead atoms. The predicted molar refractivity (Wildman–Crippen MR) is 113 cm³/mol. The lowest BCUT2D eigenvalue weighted by molar-refractivity contribution is 0.0818. The van der Waals surface area contributed by atoms with Crippen molar-refractivity contribution < 1.29 is 9.26 Å². The van der Waals surface area contributed by atoms with Crippen molar-refractivity contribution in [2.24, 2.45) is 0 Å². The van der Waals surface area contributed by atoms with Gasteiger partial charge in [-0.25, -0.2) is 9.97 Å². The van der Waals surface area contributed by atoms with E-state index in [9.17, 15) is 0 Å². The standard InChI is InChI=1S/C21H26ClN5O2/c1-14(18-8-11-29-25-18)26(2)13-20-23-19-5-4-15(22)12-17(19)21(24-20)27-9-6-16(28-3)7-10-27/h4-5,8,11-12,14,16H,6-7,9-10,13H2,1-3H3. The summed E-state index contributed by atoms with van der Waals surface area (Å²) in [5.74, 6) is 1.73. The van der Waals surface area contributed by atoms with Gasteiger partial charge >= 0.3 is 0 Å². The van der Waals surface area contributed by atoms with E-state index in [0.717, 1.165) is 54.2 Å². The first-order valence-corrected chi connectivity index (χ1v) is 10.3. The highest BCUT2D eigenvalue weighted by Gasteiger charge is 2.23. The summed E-state index contributed by atoms with van der Waals surface area (Å²) in [7, 11) is 3.82. The lowest BCUT2D eigenvalue weighted by Crippen LogP contribution is -2.37. The van der Waals surface area contributed by atoms with Crippen LogP contribution in [0.15, 0.2) is 35.1 Å². The van der Waals surface area contributed by atoms with Crippen LogP contribution in [-0.2, 0) is 11.3 Å². The number of anilines is 1. The van der Waals surface area contributed by atoms with Crippen LogP contribution < -0.4 is 4.90 Å². The molecule has 3 heterocycles. The topological polar surface area (TPSA) is 67.5 Å². The number of piperidine rings is 1. The molecule has 0 N–H and O–H groups in total. The summed E-state index contributed by atoms with van der Waals surface area (Å²) in [4.78, 5) is 14.2. The van der Waals surface area contributed by atoms with E-state index in [1.165, 1.54) is 0 Å². The Labute approximate surface area is 175 Å². The molecule has 0 radical (unpaired) electrons. The maximum Gasteiger partial charge on any atom is 0.145 e. The van der Waals surface area contributed by atoms with Crippen molar-refractivity contribution in [3.8, 4) is 0 Å². The summed E-state index contributed by atoms with van der Waals surface area (Å²) >= 11 is 6.28. The summed E-state index contributed by atoms with van der Waals surface area (Å²) in [6.45, 7) is 4.51. The van der Waals surface area contributed by atoms with E-state index in [-0.39, 0.29) is 6.04 Å². The number of benzene rings is 1. The Morgan fingerprint density at radius 3 is 2.76 bits per heavy atom. The Hall–Kier alpha value is -2.22. The van der Waals surface area contributed by atoms with Crippen LogP contribution in [0.4, 0.5) is 5.82 Å². The molecule has 1 atom stereocenters. The number of halogens is 1. The molecule has 1 aliphatic heterocycles. The van der Waals surface area contributed by atoms with E-state index < -0.39 is 0 Å². The molecule has 154 valence electrons. The monoisotopic (exact) mass is 415 g/mol. The first kappa shape index (κ1) is 20.1. The van der Waals surface area contributed by atoms with Crippen molar-refractivity contribution in [3.05, 3.63) is 47.1 Å². The zero-order valence-electron chi connectivity index (χ0n) is 17.0. The molecular weight excluding hydrogens is 390 g/mol. The summed E-state index contributed by atoms with van der Waals surface area (Å²) in [5.41, 5.74) is 1.80. The number of fused-ring (bicyclic) bond motifs is 1. The van der Waals surface area contributed by atoms with Gasteiger partial charge in [0.25, 0.3) is 0 Å². The SMILES string of the molecule is COC1CCN(c2nc(CN(C)C(C)c3ccon3)nc3ccc(Cl)cc23)CC1. The minimum Gasteiger partial charge on any atom is -0.381 e. The molecule has 2 aromatic heterocycles. The molecule has 1 unspecified atom stereocenters. The predicted octanol–water partition coefficient (Wildman–Crippen LogP) is 4.08. The number of aromatic nitrogens is 3. The van der Waals surface area contributed by atoms with Gasteiger partial charge in [0.05, 0.1) is 24.2 Å². The van der Waals surface area contributed by atoms with Gasteiger partial charge in [-0.15, -0.1) is 0 Å². The molecule has 7 nitrogen and oxygen atoms in total. The smallest absolute Gasteiger partial charge is 0.145 e. The highest BCUT2D eigenvalue weighted by Crippen LogP contribution is 2.30. The molecule has 1 aliphatic rings. The fourth-order valence-electron chi connectivity index (χ4n) is 3.77. The van der Waals surface area contributed by atoms with Crippen molar-refractivity contribution in [3.63, 3.8) is 0 Å².